The quantitative estimate of drug-likeness (QED) is 0.899. The van der Waals surface area contributed by atoms with Crippen LogP contribution in [0.4, 0.5) is 5.69 Å². The van der Waals surface area contributed by atoms with Gasteiger partial charge >= 0.3 is 0 Å². The molecule has 0 bridgehead atoms. The zero-order valence-corrected chi connectivity index (χ0v) is 13.0. The molecule has 20 heavy (non-hydrogen) atoms. The Labute approximate surface area is 127 Å². The molecule has 0 aliphatic carbocycles. The summed E-state index contributed by atoms with van der Waals surface area (Å²) in [5.74, 6) is 0.610. The Kier molecular flexibility index (Phi) is 4.79. The fourth-order valence-corrected chi connectivity index (χ4v) is 2.51. The van der Waals surface area contributed by atoms with Crippen LogP contribution < -0.4 is 10.1 Å². The van der Waals surface area contributed by atoms with Crippen LogP contribution in [0.15, 0.2) is 46.9 Å². The molecule has 0 radical (unpaired) electrons. The Morgan fingerprint density at radius 2 is 2.05 bits per heavy atom. The number of ether oxygens (including phenoxy) is 1. The Bertz CT molecular complexity index is 605. The van der Waals surface area contributed by atoms with Crippen molar-refractivity contribution in [2.75, 3.05) is 11.9 Å². The van der Waals surface area contributed by atoms with Gasteiger partial charge in [-0.25, -0.2) is 0 Å². The molecule has 0 aromatic heterocycles. The summed E-state index contributed by atoms with van der Waals surface area (Å²) < 4.78 is 6.31. The molecule has 0 fully saturated rings. The van der Waals surface area contributed by atoms with Gasteiger partial charge in [0, 0.05) is 21.8 Å². The van der Waals surface area contributed by atoms with Gasteiger partial charge in [0.15, 0.2) is 0 Å². The molecule has 104 valence electrons. The monoisotopic (exact) mass is 333 g/mol. The lowest BCUT2D eigenvalue weighted by Crippen LogP contribution is -2.12. The van der Waals surface area contributed by atoms with Crippen molar-refractivity contribution in [3.05, 3.63) is 58.1 Å². The number of hydrogen-bond acceptors (Lipinski definition) is 2. The summed E-state index contributed by atoms with van der Waals surface area (Å²) in [6.07, 6.45) is 0. The second kappa shape index (κ2) is 6.57. The number of nitrogens with one attached hydrogen (secondary N) is 1. The van der Waals surface area contributed by atoms with Gasteiger partial charge in [-0.1, -0.05) is 22.0 Å². The number of hydrogen-bond donors (Lipinski definition) is 1. The molecule has 2 aromatic carbocycles. The van der Waals surface area contributed by atoms with E-state index in [1.54, 1.807) is 6.07 Å². The highest BCUT2D eigenvalue weighted by molar-refractivity contribution is 9.10. The minimum Gasteiger partial charge on any atom is -0.494 e. The van der Waals surface area contributed by atoms with Crippen LogP contribution in [0, 0.1) is 6.92 Å². The highest BCUT2D eigenvalue weighted by Gasteiger charge is 2.08. The topological polar surface area (TPSA) is 38.3 Å². The van der Waals surface area contributed by atoms with E-state index in [9.17, 15) is 4.79 Å². The van der Waals surface area contributed by atoms with Crippen molar-refractivity contribution in [3.63, 3.8) is 0 Å². The van der Waals surface area contributed by atoms with Gasteiger partial charge in [0.1, 0.15) is 5.75 Å². The van der Waals surface area contributed by atoms with Gasteiger partial charge in [0.05, 0.1) is 6.61 Å². The van der Waals surface area contributed by atoms with Crippen LogP contribution in [0.1, 0.15) is 22.8 Å². The van der Waals surface area contributed by atoms with Gasteiger partial charge in [-0.3, -0.25) is 4.79 Å². The van der Waals surface area contributed by atoms with E-state index >= 15 is 0 Å². The summed E-state index contributed by atoms with van der Waals surface area (Å²) in [6.45, 7) is 4.48. The number of aryl methyl sites for hydroxylation is 1. The Morgan fingerprint density at radius 1 is 1.25 bits per heavy atom. The second-order valence-corrected chi connectivity index (χ2v) is 5.35. The number of anilines is 1. The molecule has 4 heteroatoms. The first-order valence-electron chi connectivity index (χ1n) is 6.40. The van der Waals surface area contributed by atoms with Crippen LogP contribution in [0.5, 0.6) is 5.75 Å². The van der Waals surface area contributed by atoms with E-state index in [0.29, 0.717) is 12.2 Å². The van der Waals surface area contributed by atoms with E-state index in [1.165, 1.54) is 0 Å². The van der Waals surface area contributed by atoms with Crippen LogP contribution in [-0.2, 0) is 0 Å². The molecule has 0 atom stereocenters. The van der Waals surface area contributed by atoms with Gasteiger partial charge in [-0.2, -0.15) is 0 Å². The standard InChI is InChI=1S/C16H16BrNO2/c1-3-20-15-6-4-5-14(10-15)18-16(19)12-7-11(2)8-13(17)9-12/h4-10H,3H2,1-2H3,(H,18,19). The van der Waals surface area contributed by atoms with E-state index in [1.807, 2.05) is 50.2 Å². The maximum absolute atomic E-state index is 12.2. The lowest BCUT2D eigenvalue weighted by atomic mass is 10.1. The van der Waals surface area contributed by atoms with E-state index in [-0.39, 0.29) is 5.91 Å². The lowest BCUT2D eigenvalue weighted by Gasteiger charge is -2.09. The average molecular weight is 334 g/mol. The van der Waals surface area contributed by atoms with Crippen molar-refractivity contribution in [2.45, 2.75) is 13.8 Å². The smallest absolute Gasteiger partial charge is 0.255 e. The number of rotatable bonds is 4. The van der Waals surface area contributed by atoms with Crippen LogP contribution >= 0.6 is 15.9 Å². The van der Waals surface area contributed by atoms with Gasteiger partial charge in [0.25, 0.3) is 5.91 Å². The van der Waals surface area contributed by atoms with Crippen LogP contribution in [-0.4, -0.2) is 12.5 Å². The number of carbonyl (C=O) groups is 1. The molecular weight excluding hydrogens is 318 g/mol. The minimum absolute atomic E-state index is 0.136. The third-order valence-corrected chi connectivity index (χ3v) is 3.17. The number of benzene rings is 2. The Balaban J connectivity index is 2.16. The van der Waals surface area contributed by atoms with E-state index < -0.39 is 0 Å². The van der Waals surface area contributed by atoms with Crippen molar-refractivity contribution >= 4 is 27.5 Å². The number of carbonyl (C=O) groups excluding carboxylic acids is 1. The molecule has 3 nitrogen and oxygen atoms in total. The van der Waals surface area contributed by atoms with Gasteiger partial charge in [0.2, 0.25) is 0 Å². The molecular formula is C16H16BrNO2. The van der Waals surface area contributed by atoms with Crippen molar-refractivity contribution in [3.8, 4) is 5.75 Å². The highest BCUT2D eigenvalue weighted by Crippen LogP contribution is 2.20. The zero-order chi connectivity index (χ0) is 14.5. The summed E-state index contributed by atoms with van der Waals surface area (Å²) in [7, 11) is 0. The molecule has 0 saturated heterocycles. The molecule has 0 aliphatic rings. The number of amides is 1. The first-order chi connectivity index (χ1) is 9.58. The van der Waals surface area contributed by atoms with Gasteiger partial charge in [-0.15, -0.1) is 0 Å². The molecule has 1 amide bonds. The maximum Gasteiger partial charge on any atom is 0.255 e. The summed E-state index contributed by atoms with van der Waals surface area (Å²) in [6, 6.07) is 13.0. The van der Waals surface area contributed by atoms with Crippen molar-refractivity contribution in [2.24, 2.45) is 0 Å². The van der Waals surface area contributed by atoms with Crippen molar-refractivity contribution < 1.29 is 9.53 Å². The molecule has 0 saturated carbocycles. The molecule has 0 unspecified atom stereocenters. The van der Waals surface area contributed by atoms with E-state index in [0.717, 1.165) is 21.5 Å². The van der Waals surface area contributed by atoms with Gasteiger partial charge in [-0.05, 0) is 49.7 Å². The highest BCUT2D eigenvalue weighted by atomic mass is 79.9. The molecule has 0 heterocycles. The summed E-state index contributed by atoms with van der Waals surface area (Å²) in [5, 5.41) is 2.87. The van der Waals surface area contributed by atoms with Crippen LogP contribution in [0.25, 0.3) is 0 Å². The largest absolute Gasteiger partial charge is 0.494 e. The Morgan fingerprint density at radius 3 is 2.75 bits per heavy atom. The maximum atomic E-state index is 12.2. The van der Waals surface area contributed by atoms with Crippen LogP contribution in [0.2, 0.25) is 0 Å². The van der Waals surface area contributed by atoms with E-state index in [4.69, 9.17) is 4.74 Å². The summed E-state index contributed by atoms with van der Waals surface area (Å²) in [5.41, 5.74) is 2.38. The Hall–Kier alpha value is -1.81. The lowest BCUT2D eigenvalue weighted by molar-refractivity contribution is 0.102. The first-order valence-corrected chi connectivity index (χ1v) is 7.19. The SMILES string of the molecule is CCOc1cccc(NC(=O)c2cc(C)cc(Br)c2)c1. The molecule has 1 N–H and O–H groups in total. The molecule has 2 rings (SSSR count). The predicted octanol–water partition coefficient (Wildman–Crippen LogP) is 4.41. The second-order valence-electron chi connectivity index (χ2n) is 4.43. The zero-order valence-electron chi connectivity index (χ0n) is 11.4. The molecule has 0 aliphatic heterocycles. The molecule has 2 aromatic rings. The fourth-order valence-electron chi connectivity index (χ4n) is 1.90. The normalized spacial score (nSPS) is 10.2. The first kappa shape index (κ1) is 14.6. The summed E-state index contributed by atoms with van der Waals surface area (Å²) >= 11 is 3.40. The van der Waals surface area contributed by atoms with E-state index in [2.05, 4.69) is 21.2 Å². The van der Waals surface area contributed by atoms with Crippen LogP contribution in [0.3, 0.4) is 0 Å². The summed E-state index contributed by atoms with van der Waals surface area (Å²) in [4.78, 5) is 12.2. The number of halogens is 1. The van der Waals surface area contributed by atoms with Crippen molar-refractivity contribution in [1.82, 2.24) is 0 Å². The average Bonchev–Trinajstić information content (AvgIpc) is 2.38. The minimum atomic E-state index is -0.136. The predicted molar refractivity (Wildman–Crippen MR) is 84.4 cm³/mol. The third-order valence-electron chi connectivity index (χ3n) is 2.71. The third kappa shape index (κ3) is 3.84. The fraction of sp³-hybridized carbons (Fsp3) is 0.188. The van der Waals surface area contributed by atoms with Crippen molar-refractivity contribution in [1.29, 1.82) is 0 Å². The molecule has 0 spiro atoms. The van der Waals surface area contributed by atoms with Gasteiger partial charge < -0.3 is 10.1 Å².